The molecule has 4 N–H and O–H groups in total. The minimum Gasteiger partial charge on any atom is -0.461 e. The van der Waals surface area contributed by atoms with Gasteiger partial charge >= 0.3 is 5.97 Å². The Morgan fingerprint density at radius 1 is 1.05 bits per heavy atom. The van der Waals surface area contributed by atoms with Gasteiger partial charge in [0.1, 0.15) is 24.7 Å². The van der Waals surface area contributed by atoms with Crippen LogP contribution in [-0.4, -0.2) is 94.1 Å². The van der Waals surface area contributed by atoms with Crippen LogP contribution in [0.5, 0.6) is 0 Å². The average Bonchev–Trinajstić information content (AvgIpc) is 3.56. The molecular weight excluding hydrogens is 538 g/mol. The first kappa shape index (κ1) is 30.9. The predicted octanol–water partition coefficient (Wildman–Crippen LogP) is -1.02. The second-order valence-corrected chi connectivity index (χ2v) is 9.60. The van der Waals surface area contributed by atoms with E-state index in [9.17, 15) is 38.7 Å². The molecule has 220 valence electrons. The standard InChI is InChI=1S/C27H33N5O9/c1-16(28-22(35)11-13-32-23(36)9-10-24(32)37)25(38)30-20(14-33)27(40)31-12-3-4-21(31)26(39)29-19-7-5-18(6-8-19)15-41-17(2)34/h5-10,16,20-21,33H,3-4,11-15H2,1-2H3,(H,28,35)(H,29,39)(H,30,38)/t16-,20-,21-/m0/s1. The first-order valence-electron chi connectivity index (χ1n) is 13.1. The van der Waals surface area contributed by atoms with E-state index in [4.69, 9.17) is 4.74 Å². The Hall–Kier alpha value is -4.59. The van der Waals surface area contributed by atoms with Gasteiger partial charge in [-0.15, -0.1) is 0 Å². The van der Waals surface area contributed by atoms with Gasteiger partial charge in [0.25, 0.3) is 11.8 Å². The maximum absolute atomic E-state index is 13.2. The lowest BCUT2D eigenvalue weighted by Gasteiger charge is -2.28. The number of anilines is 1. The van der Waals surface area contributed by atoms with Gasteiger partial charge in [0, 0.05) is 44.3 Å². The molecule has 0 aliphatic carbocycles. The molecule has 14 heteroatoms. The number of esters is 1. The van der Waals surface area contributed by atoms with Crippen LogP contribution < -0.4 is 16.0 Å². The molecule has 0 spiro atoms. The number of hydrogen-bond acceptors (Lipinski definition) is 9. The third-order valence-electron chi connectivity index (χ3n) is 6.53. The predicted molar refractivity (Wildman–Crippen MR) is 142 cm³/mol. The van der Waals surface area contributed by atoms with E-state index in [0.717, 1.165) is 22.6 Å². The number of nitrogens with one attached hydrogen (secondary N) is 3. The number of hydrogen-bond donors (Lipinski definition) is 4. The number of aliphatic hydroxyl groups is 1. The molecule has 3 rings (SSSR count). The fourth-order valence-corrected chi connectivity index (χ4v) is 4.32. The fourth-order valence-electron chi connectivity index (χ4n) is 4.32. The van der Waals surface area contributed by atoms with E-state index in [1.54, 1.807) is 24.3 Å². The Balaban J connectivity index is 1.51. The first-order chi connectivity index (χ1) is 19.5. The molecule has 2 aliphatic heterocycles. The zero-order chi connectivity index (χ0) is 30.1. The lowest BCUT2D eigenvalue weighted by Crippen LogP contribution is -2.57. The van der Waals surface area contributed by atoms with E-state index in [0.29, 0.717) is 18.5 Å². The Labute approximate surface area is 236 Å². The molecule has 0 saturated carbocycles. The number of aliphatic hydroxyl groups excluding tert-OH is 1. The number of ether oxygens (including phenoxy) is 1. The zero-order valence-electron chi connectivity index (χ0n) is 22.8. The molecule has 1 aromatic rings. The van der Waals surface area contributed by atoms with Crippen LogP contribution in [0.4, 0.5) is 5.69 Å². The highest BCUT2D eigenvalue weighted by atomic mass is 16.5. The van der Waals surface area contributed by atoms with Crippen molar-refractivity contribution >= 4 is 47.1 Å². The highest BCUT2D eigenvalue weighted by molar-refractivity contribution is 6.13. The van der Waals surface area contributed by atoms with Crippen LogP contribution >= 0.6 is 0 Å². The Kier molecular flexibility index (Phi) is 10.7. The van der Waals surface area contributed by atoms with Crippen LogP contribution in [0.1, 0.15) is 38.7 Å². The van der Waals surface area contributed by atoms with Crippen LogP contribution in [0, 0.1) is 0 Å². The lowest BCUT2D eigenvalue weighted by molar-refractivity contribution is -0.142. The molecule has 0 bridgehead atoms. The lowest BCUT2D eigenvalue weighted by atomic mass is 10.1. The van der Waals surface area contributed by atoms with Gasteiger partial charge in [0.15, 0.2) is 0 Å². The molecule has 0 unspecified atom stereocenters. The number of nitrogens with zero attached hydrogens (tertiary/aromatic N) is 2. The summed E-state index contributed by atoms with van der Waals surface area (Å²) in [6.45, 7) is 2.15. The van der Waals surface area contributed by atoms with Crippen molar-refractivity contribution in [3.63, 3.8) is 0 Å². The molecule has 14 nitrogen and oxygen atoms in total. The maximum Gasteiger partial charge on any atom is 0.302 e. The largest absolute Gasteiger partial charge is 0.461 e. The molecule has 41 heavy (non-hydrogen) atoms. The van der Waals surface area contributed by atoms with Crippen molar-refractivity contribution in [1.82, 2.24) is 20.4 Å². The third kappa shape index (κ3) is 8.45. The normalized spacial score (nSPS) is 17.7. The van der Waals surface area contributed by atoms with Crippen molar-refractivity contribution in [3.05, 3.63) is 42.0 Å². The molecule has 1 saturated heterocycles. The van der Waals surface area contributed by atoms with Crippen molar-refractivity contribution in [2.75, 3.05) is 25.0 Å². The summed E-state index contributed by atoms with van der Waals surface area (Å²) in [5, 5.41) is 17.4. The van der Waals surface area contributed by atoms with Gasteiger partial charge in [-0.3, -0.25) is 38.5 Å². The van der Waals surface area contributed by atoms with Crippen molar-refractivity contribution in [1.29, 1.82) is 0 Å². The van der Waals surface area contributed by atoms with Crippen LogP contribution in [0.25, 0.3) is 0 Å². The number of likely N-dealkylation sites (tertiary alicyclic amines) is 1. The number of carbonyl (C=O) groups is 7. The topological polar surface area (TPSA) is 192 Å². The number of amides is 6. The highest BCUT2D eigenvalue weighted by Gasteiger charge is 2.38. The van der Waals surface area contributed by atoms with Gasteiger partial charge < -0.3 is 30.7 Å². The summed E-state index contributed by atoms with van der Waals surface area (Å²) in [7, 11) is 0. The summed E-state index contributed by atoms with van der Waals surface area (Å²) in [5.74, 6) is -3.88. The molecule has 1 fully saturated rings. The summed E-state index contributed by atoms with van der Waals surface area (Å²) in [6.07, 6.45) is 2.91. The quantitative estimate of drug-likeness (QED) is 0.180. The van der Waals surface area contributed by atoms with E-state index in [-0.39, 0.29) is 26.1 Å². The van der Waals surface area contributed by atoms with Crippen molar-refractivity contribution in [3.8, 4) is 0 Å². The molecule has 3 atom stereocenters. The van der Waals surface area contributed by atoms with Crippen LogP contribution in [0.3, 0.4) is 0 Å². The smallest absolute Gasteiger partial charge is 0.302 e. The van der Waals surface area contributed by atoms with E-state index >= 15 is 0 Å². The third-order valence-corrected chi connectivity index (χ3v) is 6.53. The summed E-state index contributed by atoms with van der Waals surface area (Å²) < 4.78 is 4.93. The number of benzene rings is 1. The van der Waals surface area contributed by atoms with E-state index in [1.165, 1.54) is 18.7 Å². The molecule has 1 aromatic carbocycles. The van der Waals surface area contributed by atoms with Crippen LogP contribution in [-0.2, 0) is 44.9 Å². The van der Waals surface area contributed by atoms with Gasteiger partial charge in [-0.25, -0.2) is 0 Å². The van der Waals surface area contributed by atoms with Gasteiger partial charge in [-0.05, 0) is 37.5 Å². The summed E-state index contributed by atoms with van der Waals surface area (Å²) in [4.78, 5) is 87.4. The van der Waals surface area contributed by atoms with Crippen molar-refractivity contribution < 1.29 is 43.4 Å². The number of imide groups is 1. The van der Waals surface area contributed by atoms with Gasteiger partial charge in [0.05, 0.1) is 6.61 Å². The average molecular weight is 572 g/mol. The second kappa shape index (κ2) is 14.2. The van der Waals surface area contributed by atoms with Gasteiger partial charge in [-0.1, -0.05) is 12.1 Å². The second-order valence-electron chi connectivity index (χ2n) is 9.60. The molecule has 0 radical (unpaired) electrons. The van der Waals surface area contributed by atoms with Gasteiger partial charge in [0.2, 0.25) is 23.6 Å². The Bertz CT molecular complexity index is 1210. The van der Waals surface area contributed by atoms with Crippen molar-refractivity contribution in [2.45, 2.75) is 57.8 Å². The molecule has 6 amide bonds. The minimum atomic E-state index is -1.35. The summed E-state index contributed by atoms with van der Waals surface area (Å²) in [5.41, 5.74) is 1.21. The fraction of sp³-hybridized carbons (Fsp3) is 0.444. The Morgan fingerprint density at radius 2 is 1.71 bits per heavy atom. The first-order valence-corrected chi connectivity index (χ1v) is 13.1. The van der Waals surface area contributed by atoms with E-state index in [1.807, 2.05) is 0 Å². The monoisotopic (exact) mass is 571 g/mol. The summed E-state index contributed by atoms with van der Waals surface area (Å²) >= 11 is 0. The SMILES string of the molecule is CC(=O)OCc1ccc(NC(=O)[C@@H]2CCCN2C(=O)[C@H](CO)NC(=O)[C@H](C)NC(=O)CCN2C(=O)C=CC2=O)cc1. The molecule has 2 aliphatic rings. The van der Waals surface area contributed by atoms with E-state index in [2.05, 4.69) is 16.0 Å². The van der Waals surface area contributed by atoms with Crippen LogP contribution in [0.15, 0.2) is 36.4 Å². The minimum absolute atomic E-state index is 0.101. The maximum atomic E-state index is 13.2. The van der Waals surface area contributed by atoms with E-state index < -0.39 is 66.1 Å². The van der Waals surface area contributed by atoms with Gasteiger partial charge in [-0.2, -0.15) is 0 Å². The highest BCUT2D eigenvalue weighted by Crippen LogP contribution is 2.21. The summed E-state index contributed by atoms with van der Waals surface area (Å²) in [6, 6.07) is 3.41. The molecular formula is C27H33N5O9. The van der Waals surface area contributed by atoms with Crippen LogP contribution in [0.2, 0.25) is 0 Å². The van der Waals surface area contributed by atoms with Crippen molar-refractivity contribution in [2.24, 2.45) is 0 Å². The molecule has 0 aromatic heterocycles. The number of carbonyl (C=O) groups excluding carboxylic acids is 7. The molecule has 2 heterocycles. The Morgan fingerprint density at radius 3 is 2.32 bits per heavy atom. The number of rotatable bonds is 12. The zero-order valence-corrected chi connectivity index (χ0v) is 22.8.